The molecule has 0 saturated carbocycles. The molecule has 2 rings (SSSR count). The van der Waals surface area contributed by atoms with E-state index >= 15 is 0 Å². The highest BCUT2D eigenvalue weighted by Crippen LogP contribution is 2.15. The fourth-order valence-corrected chi connectivity index (χ4v) is 1.75. The van der Waals surface area contributed by atoms with E-state index in [1.165, 1.54) is 0 Å². The Kier molecular flexibility index (Phi) is 3.60. The number of carbonyl (C=O) groups is 1. The van der Waals surface area contributed by atoms with Gasteiger partial charge in [-0.15, -0.1) is 0 Å². The first-order valence-corrected chi connectivity index (χ1v) is 6.27. The number of hydrogen-bond donors (Lipinski definition) is 2. The number of hydrogen-bond acceptors (Lipinski definition) is 1. The van der Waals surface area contributed by atoms with Crippen molar-refractivity contribution in [1.29, 1.82) is 0 Å². The summed E-state index contributed by atoms with van der Waals surface area (Å²) in [6.07, 6.45) is 3.93. The molecule has 0 atom stereocenters. The van der Waals surface area contributed by atoms with Crippen molar-refractivity contribution in [2.24, 2.45) is 0 Å². The summed E-state index contributed by atoms with van der Waals surface area (Å²) < 4.78 is 1.99. The normalized spacial score (nSPS) is 11.1. The van der Waals surface area contributed by atoms with Crippen LogP contribution in [0.2, 0.25) is 0 Å². The molecule has 19 heavy (non-hydrogen) atoms. The molecular weight excluding hydrogens is 238 g/mol. The van der Waals surface area contributed by atoms with E-state index < -0.39 is 0 Å². The molecule has 0 spiro atoms. The number of nitrogens with one attached hydrogen (secondary N) is 2. The van der Waals surface area contributed by atoms with Gasteiger partial charge in [0.2, 0.25) is 0 Å². The van der Waals surface area contributed by atoms with Gasteiger partial charge in [-0.1, -0.05) is 6.07 Å². The largest absolute Gasteiger partial charge is 0.333 e. The molecule has 2 amide bonds. The van der Waals surface area contributed by atoms with E-state index in [4.69, 9.17) is 0 Å². The molecule has 0 radical (unpaired) electrons. The van der Waals surface area contributed by atoms with Gasteiger partial charge < -0.3 is 15.2 Å². The first kappa shape index (κ1) is 13.2. The van der Waals surface area contributed by atoms with Crippen molar-refractivity contribution in [1.82, 2.24) is 9.88 Å². The Morgan fingerprint density at radius 1 is 1.11 bits per heavy atom. The molecule has 0 fully saturated rings. The van der Waals surface area contributed by atoms with Gasteiger partial charge in [-0.05, 0) is 51.1 Å². The summed E-state index contributed by atoms with van der Waals surface area (Å²) in [6.45, 7) is 5.84. The molecular formula is C15H19N3O. The predicted molar refractivity (Wildman–Crippen MR) is 77.7 cm³/mol. The van der Waals surface area contributed by atoms with Crippen LogP contribution in [0.25, 0.3) is 5.69 Å². The van der Waals surface area contributed by atoms with Crippen LogP contribution in [0, 0.1) is 0 Å². The summed E-state index contributed by atoms with van der Waals surface area (Å²) in [5.74, 6) is 0. The lowest BCUT2D eigenvalue weighted by atomic mass is 10.1. The van der Waals surface area contributed by atoms with E-state index in [2.05, 4.69) is 10.6 Å². The fourth-order valence-electron chi connectivity index (χ4n) is 1.75. The quantitative estimate of drug-likeness (QED) is 0.851. The summed E-state index contributed by atoms with van der Waals surface area (Å²) in [6, 6.07) is 11.4. The Labute approximate surface area is 113 Å². The highest BCUT2D eigenvalue weighted by Gasteiger charge is 2.13. The molecule has 2 N–H and O–H groups in total. The third-order valence-corrected chi connectivity index (χ3v) is 2.50. The highest BCUT2D eigenvalue weighted by molar-refractivity contribution is 5.90. The van der Waals surface area contributed by atoms with Crippen LogP contribution in [-0.4, -0.2) is 16.1 Å². The number of rotatable bonds is 2. The molecule has 0 unspecified atom stereocenters. The van der Waals surface area contributed by atoms with Crippen LogP contribution >= 0.6 is 0 Å². The number of nitrogens with zero attached hydrogens (tertiary/aromatic N) is 1. The Morgan fingerprint density at radius 2 is 1.79 bits per heavy atom. The second kappa shape index (κ2) is 5.18. The maximum atomic E-state index is 11.8. The van der Waals surface area contributed by atoms with Crippen molar-refractivity contribution in [3.8, 4) is 5.69 Å². The van der Waals surface area contributed by atoms with Gasteiger partial charge in [0.1, 0.15) is 0 Å². The minimum atomic E-state index is -0.248. The van der Waals surface area contributed by atoms with Crippen molar-refractivity contribution in [2.45, 2.75) is 26.3 Å². The third kappa shape index (κ3) is 3.88. The third-order valence-electron chi connectivity index (χ3n) is 2.50. The number of anilines is 1. The van der Waals surface area contributed by atoms with E-state index in [9.17, 15) is 4.79 Å². The lowest BCUT2D eigenvalue weighted by molar-refractivity contribution is 0.244. The van der Waals surface area contributed by atoms with Crippen molar-refractivity contribution < 1.29 is 4.79 Å². The molecule has 0 aliphatic heterocycles. The summed E-state index contributed by atoms with van der Waals surface area (Å²) in [5.41, 5.74) is 1.54. The van der Waals surface area contributed by atoms with Gasteiger partial charge in [-0.2, -0.15) is 0 Å². The Hall–Kier alpha value is -2.23. The van der Waals surface area contributed by atoms with Gasteiger partial charge in [0, 0.05) is 29.3 Å². The molecule has 0 aliphatic carbocycles. The molecule has 1 heterocycles. The van der Waals surface area contributed by atoms with Gasteiger partial charge >= 0.3 is 6.03 Å². The Balaban J connectivity index is 2.10. The van der Waals surface area contributed by atoms with Gasteiger partial charge in [0.05, 0.1) is 0 Å². The number of benzene rings is 1. The lowest BCUT2D eigenvalue weighted by Crippen LogP contribution is -2.43. The first-order chi connectivity index (χ1) is 8.94. The van der Waals surface area contributed by atoms with E-state index in [0.29, 0.717) is 0 Å². The second-order valence-electron chi connectivity index (χ2n) is 5.47. The first-order valence-electron chi connectivity index (χ1n) is 6.27. The molecule has 0 saturated heterocycles. The van der Waals surface area contributed by atoms with Crippen LogP contribution < -0.4 is 10.6 Å². The average Bonchev–Trinajstić information content (AvgIpc) is 2.79. The molecule has 4 nitrogen and oxygen atoms in total. The van der Waals surface area contributed by atoms with Crippen molar-refractivity contribution in [3.05, 3.63) is 48.8 Å². The highest BCUT2D eigenvalue weighted by atomic mass is 16.2. The number of carbonyl (C=O) groups excluding carboxylic acids is 1. The van der Waals surface area contributed by atoms with Crippen molar-refractivity contribution >= 4 is 11.7 Å². The van der Waals surface area contributed by atoms with Gasteiger partial charge in [-0.25, -0.2) is 4.79 Å². The molecule has 0 bridgehead atoms. The zero-order valence-corrected chi connectivity index (χ0v) is 11.5. The van der Waals surface area contributed by atoms with E-state index in [0.717, 1.165) is 11.4 Å². The van der Waals surface area contributed by atoms with Crippen LogP contribution in [0.1, 0.15) is 20.8 Å². The number of urea groups is 1. The SMILES string of the molecule is CC(C)(C)NC(=O)Nc1cccc(-n2cccc2)c1. The second-order valence-corrected chi connectivity index (χ2v) is 5.47. The number of amides is 2. The lowest BCUT2D eigenvalue weighted by Gasteiger charge is -2.20. The average molecular weight is 257 g/mol. The maximum absolute atomic E-state index is 11.8. The monoisotopic (exact) mass is 257 g/mol. The Morgan fingerprint density at radius 3 is 2.42 bits per heavy atom. The number of aromatic nitrogens is 1. The summed E-state index contributed by atoms with van der Waals surface area (Å²) in [4.78, 5) is 11.8. The van der Waals surface area contributed by atoms with Crippen LogP contribution in [0.4, 0.5) is 10.5 Å². The minimum absolute atomic E-state index is 0.197. The summed E-state index contributed by atoms with van der Waals surface area (Å²) in [7, 11) is 0. The summed E-state index contributed by atoms with van der Waals surface area (Å²) >= 11 is 0. The Bertz CT molecular complexity index is 553. The smallest absolute Gasteiger partial charge is 0.319 e. The molecule has 1 aromatic carbocycles. The van der Waals surface area contributed by atoms with E-state index in [-0.39, 0.29) is 11.6 Å². The van der Waals surface area contributed by atoms with Crippen LogP contribution in [0.15, 0.2) is 48.8 Å². The van der Waals surface area contributed by atoms with Crippen LogP contribution in [0.3, 0.4) is 0 Å². The van der Waals surface area contributed by atoms with Crippen LogP contribution in [0.5, 0.6) is 0 Å². The molecule has 0 aliphatic rings. The van der Waals surface area contributed by atoms with Crippen LogP contribution in [-0.2, 0) is 0 Å². The zero-order chi connectivity index (χ0) is 13.9. The maximum Gasteiger partial charge on any atom is 0.319 e. The van der Waals surface area contributed by atoms with Gasteiger partial charge in [0.25, 0.3) is 0 Å². The van der Waals surface area contributed by atoms with E-state index in [1.54, 1.807) is 0 Å². The predicted octanol–water partition coefficient (Wildman–Crippen LogP) is 3.40. The topological polar surface area (TPSA) is 46.1 Å². The van der Waals surface area contributed by atoms with Gasteiger partial charge in [-0.3, -0.25) is 0 Å². The van der Waals surface area contributed by atoms with E-state index in [1.807, 2.05) is 74.1 Å². The molecule has 2 aromatic rings. The fraction of sp³-hybridized carbons (Fsp3) is 0.267. The summed E-state index contributed by atoms with van der Waals surface area (Å²) in [5, 5.41) is 5.70. The standard InChI is InChI=1S/C15H19N3O/c1-15(2,3)17-14(19)16-12-7-6-8-13(11-12)18-9-4-5-10-18/h4-11H,1-3H3,(H2,16,17,19). The minimum Gasteiger partial charge on any atom is -0.333 e. The zero-order valence-electron chi connectivity index (χ0n) is 11.5. The van der Waals surface area contributed by atoms with Crippen molar-refractivity contribution in [2.75, 3.05) is 5.32 Å². The molecule has 4 heteroatoms. The van der Waals surface area contributed by atoms with Crippen molar-refractivity contribution in [3.63, 3.8) is 0 Å². The van der Waals surface area contributed by atoms with Gasteiger partial charge in [0.15, 0.2) is 0 Å². The molecule has 100 valence electrons. The molecule has 1 aromatic heterocycles.